The van der Waals surface area contributed by atoms with Crippen LogP contribution in [0.4, 0.5) is 4.79 Å². The van der Waals surface area contributed by atoms with Crippen LogP contribution in [0, 0.1) is 0 Å². The Labute approximate surface area is 64.8 Å². The molecule has 0 aliphatic heterocycles. The SMILES string of the molecule is CC=C(C)COC(=O)O[C]=O. The number of rotatable bonds is 3. The van der Waals surface area contributed by atoms with Crippen LogP contribution >= 0.6 is 0 Å². The molecule has 0 spiro atoms. The first kappa shape index (κ1) is 9.68. The predicted octanol–water partition coefficient (Wildman–Crippen LogP) is 1.17. The third kappa shape index (κ3) is 5.14. The quantitative estimate of drug-likeness (QED) is 0.350. The normalized spacial score (nSPS) is 10.5. The number of allylic oxidation sites excluding steroid dienone is 1. The van der Waals surface area contributed by atoms with Crippen molar-refractivity contribution in [3.8, 4) is 0 Å². The number of carbonyl (C=O) groups is 1. The average Bonchev–Trinajstić information content (AvgIpc) is 2.01. The van der Waals surface area contributed by atoms with Gasteiger partial charge in [-0.05, 0) is 19.4 Å². The lowest BCUT2D eigenvalue weighted by Crippen LogP contribution is -2.07. The first-order chi connectivity index (χ1) is 5.20. The second-order valence-corrected chi connectivity index (χ2v) is 1.86. The fourth-order valence-electron chi connectivity index (χ4n) is 0.320. The molecule has 0 rings (SSSR count). The van der Waals surface area contributed by atoms with Gasteiger partial charge in [0.25, 0.3) is 0 Å². The van der Waals surface area contributed by atoms with Crippen molar-refractivity contribution in [2.24, 2.45) is 0 Å². The number of hydrogen-bond donors (Lipinski definition) is 0. The Morgan fingerprint density at radius 2 is 2.27 bits per heavy atom. The summed E-state index contributed by atoms with van der Waals surface area (Å²) in [4.78, 5) is 19.8. The molecule has 0 bridgehead atoms. The molecule has 0 aromatic rings. The van der Waals surface area contributed by atoms with Crippen molar-refractivity contribution in [3.63, 3.8) is 0 Å². The first-order valence-electron chi connectivity index (χ1n) is 3.03. The topological polar surface area (TPSA) is 52.6 Å². The van der Waals surface area contributed by atoms with Crippen molar-refractivity contribution >= 4 is 12.6 Å². The number of carbonyl (C=O) groups excluding carboxylic acids is 2. The maximum atomic E-state index is 10.3. The van der Waals surface area contributed by atoms with Crippen molar-refractivity contribution in [2.75, 3.05) is 6.61 Å². The van der Waals surface area contributed by atoms with Crippen LogP contribution in [-0.2, 0) is 14.3 Å². The highest BCUT2D eigenvalue weighted by Gasteiger charge is 2.02. The fourth-order valence-corrected chi connectivity index (χ4v) is 0.320. The maximum absolute atomic E-state index is 10.3. The van der Waals surface area contributed by atoms with Crippen LogP contribution in [0.2, 0.25) is 0 Å². The molecular weight excluding hydrogens is 148 g/mol. The van der Waals surface area contributed by atoms with E-state index in [-0.39, 0.29) is 6.61 Å². The van der Waals surface area contributed by atoms with Gasteiger partial charge in [-0.25, -0.2) is 9.59 Å². The van der Waals surface area contributed by atoms with E-state index in [0.717, 1.165) is 12.0 Å². The molecule has 0 N–H and O–H groups in total. The van der Waals surface area contributed by atoms with Gasteiger partial charge in [0, 0.05) is 0 Å². The van der Waals surface area contributed by atoms with Crippen LogP contribution in [-0.4, -0.2) is 19.2 Å². The largest absolute Gasteiger partial charge is 0.516 e. The molecule has 0 atom stereocenters. The van der Waals surface area contributed by atoms with Gasteiger partial charge in [-0.3, -0.25) is 0 Å². The van der Waals surface area contributed by atoms with Crippen molar-refractivity contribution in [1.29, 1.82) is 0 Å². The Balaban J connectivity index is 3.53. The average molecular weight is 157 g/mol. The minimum Gasteiger partial charge on any atom is -0.429 e. The summed E-state index contributed by atoms with van der Waals surface area (Å²) in [6.45, 7) is 4.71. The highest BCUT2D eigenvalue weighted by molar-refractivity contribution is 5.69. The van der Waals surface area contributed by atoms with E-state index in [9.17, 15) is 9.59 Å². The Morgan fingerprint density at radius 1 is 1.64 bits per heavy atom. The van der Waals surface area contributed by atoms with Crippen LogP contribution in [0.1, 0.15) is 13.8 Å². The first-order valence-corrected chi connectivity index (χ1v) is 3.03. The fraction of sp³-hybridized carbons (Fsp3) is 0.429. The van der Waals surface area contributed by atoms with Crippen molar-refractivity contribution in [2.45, 2.75) is 13.8 Å². The molecule has 61 valence electrons. The van der Waals surface area contributed by atoms with Gasteiger partial charge in [-0.1, -0.05) is 6.08 Å². The van der Waals surface area contributed by atoms with E-state index < -0.39 is 6.16 Å². The molecular formula is C7H9O4. The molecule has 0 aliphatic carbocycles. The Morgan fingerprint density at radius 3 is 2.73 bits per heavy atom. The lowest BCUT2D eigenvalue weighted by Gasteiger charge is -1.99. The van der Waals surface area contributed by atoms with Crippen LogP contribution in [0.15, 0.2) is 11.6 Å². The van der Waals surface area contributed by atoms with Gasteiger partial charge in [0.05, 0.1) is 0 Å². The van der Waals surface area contributed by atoms with Gasteiger partial charge < -0.3 is 9.47 Å². The highest BCUT2D eigenvalue weighted by Crippen LogP contribution is 1.93. The Hall–Kier alpha value is -1.32. The van der Waals surface area contributed by atoms with Gasteiger partial charge in [-0.2, -0.15) is 0 Å². The van der Waals surface area contributed by atoms with Crippen molar-refractivity contribution in [3.05, 3.63) is 11.6 Å². The third-order valence-electron chi connectivity index (χ3n) is 1.04. The van der Waals surface area contributed by atoms with Gasteiger partial charge in [0.1, 0.15) is 6.61 Å². The summed E-state index contributed by atoms with van der Waals surface area (Å²) >= 11 is 0. The van der Waals surface area contributed by atoms with Gasteiger partial charge in [0.2, 0.25) is 0 Å². The van der Waals surface area contributed by atoms with E-state index in [1.165, 1.54) is 0 Å². The summed E-state index contributed by atoms with van der Waals surface area (Å²) in [6, 6.07) is 0. The minimum absolute atomic E-state index is 0.136. The Bertz CT molecular complexity index is 171. The molecule has 0 saturated carbocycles. The zero-order valence-electron chi connectivity index (χ0n) is 6.42. The van der Waals surface area contributed by atoms with Crippen molar-refractivity contribution < 1.29 is 19.1 Å². The zero-order chi connectivity index (χ0) is 8.69. The molecule has 4 nitrogen and oxygen atoms in total. The minimum atomic E-state index is -1.03. The summed E-state index contributed by atoms with van der Waals surface area (Å²) in [5, 5.41) is 0. The maximum Gasteiger partial charge on any atom is 0.516 e. The molecule has 0 aromatic carbocycles. The van der Waals surface area contributed by atoms with E-state index in [4.69, 9.17) is 0 Å². The number of ether oxygens (including phenoxy) is 2. The van der Waals surface area contributed by atoms with E-state index in [1.54, 1.807) is 13.0 Å². The summed E-state index contributed by atoms with van der Waals surface area (Å²) in [7, 11) is 0. The van der Waals surface area contributed by atoms with E-state index in [0.29, 0.717) is 0 Å². The molecule has 0 aromatic heterocycles. The van der Waals surface area contributed by atoms with Gasteiger partial charge in [0.15, 0.2) is 0 Å². The monoisotopic (exact) mass is 157 g/mol. The molecule has 0 aliphatic rings. The Kier molecular flexibility index (Phi) is 4.81. The molecule has 4 heteroatoms. The van der Waals surface area contributed by atoms with Gasteiger partial charge in [-0.15, -0.1) is 0 Å². The summed E-state index contributed by atoms with van der Waals surface area (Å²) < 4.78 is 8.19. The predicted molar refractivity (Wildman–Crippen MR) is 37.6 cm³/mol. The van der Waals surface area contributed by atoms with Crippen LogP contribution in [0.25, 0.3) is 0 Å². The van der Waals surface area contributed by atoms with Crippen molar-refractivity contribution in [1.82, 2.24) is 0 Å². The standard InChI is InChI=1S/C7H9O4/c1-3-6(2)4-10-7(9)11-5-8/h3H,4H2,1-2H3. The molecule has 0 saturated heterocycles. The summed E-state index contributed by atoms with van der Waals surface area (Å²) in [6.07, 6.45) is 0.763. The van der Waals surface area contributed by atoms with E-state index in [2.05, 4.69) is 9.47 Å². The lowest BCUT2D eigenvalue weighted by atomic mass is 10.3. The van der Waals surface area contributed by atoms with Crippen LogP contribution < -0.4 is 0 Å². The summed E-state index contributed by atoms with van der Waals surface area (Å²) in [5.41, 5.74) is 0.882. The second-order valence-electron chi connectivity index (χ2n) is 1.86. The van der Waals surface area contributed by atoms with E-state index in [1.807, 2.05) is 6.92 Å². The molecule has 0 fully saturated rings. The second kappa shape index (κ2) is 5.46. The van der Waals surface area contributed by atoms with Crippen LogP contribution in [0.5, 0.6) is 0 Å². The lowest BCUT2D eigenvalue weighted by molar-refractivity contribution is 0.102. The molecule has 11 heavy (non-hydrogen) atoms. The van der Waals surface area contributed by atoms with Gasteiger partial charge >= 0.3 is 12.6 Å². The third-order valence-corrected chi connectivity index (χ3v) is 1.04. The molecule has 0 unspecified atom stereocenters. The zero-order valence-corrected chi connectivity index (χ0v) is 6.42. The smallest absolute Gasteiger partial charge is 0.429 e. The number of hydrogen-bond acceptors (Lipinski definition) is 4. The highest BCUT2D eigenvalue weighted by atomic mass is 16.7. The summed E-state index contributed by atoms with van der Waals surface area (Å²) in [5.74, 6) is 0. The molecule has 1 radical (unpaired) electrons. The molecule has 0 heterocycles. The van der Waals surface area contributed by atoms with Crippen LogP contribution in [0.3, 0.4) is 0 Å². The molecule has 0 amide bonds. The van der Waals surface area contributed by atoms with E-state index >= 15 is 0 Å².